The molecule has 0 unspecified atom stereocenters. The molecule has 0 radical (unpaired) electrons. The molecular formula is C16H24ClN3. The normalized spacial score (nSPS) is 23.2. The van der Waals surface area contributed by atoms with Crippen LogP contribution in [-0.4, -0.2) is 38.1 Å². The van der Waals surface area contributed by atoms with E-state index in [2.05, 4.69) is 35.0 Å². The summed E-state index contributed by atoms with van der Waals surface area (Å²) < 4.78 is 0. The molecule has 3 rings (SSSR count). The zero-order valence-electron chi connectivity index (χ0n) is 12.2. The van der Waals surface area contributed by atoms with Gasteiger partial charge in [0.2, 0.25) is 0 Å². The van der Waals surface area contributed by atoms with Gasteiger partial charge in [0, 0.05) is 31.7 Å². The lowest BCUT2D eigenvalue weighted by Gasteiger charge is -2.35. The maximum absolute atomic E-state index is 6.53. The number of anilines is 1. The van der Waals surface area contributed by atoms with E-state index < -0.39 is 0 Å². The van der Waals surface area contributed by atoms with Gasteiger partial charge in [0.05, 0.1) is 10.7 Å². The van der Waals surface area contributed by atoms with Gasteiger partial charge in [-0.05, 0) is 37.6 Å². The van der Waals surface area contributed by atoms with Crippen molar-refractivity contribution in [2.75, 3.05) is 38.1 Å². The summed E-state index contributed by atoms with van der Waals surface area (Å²) in [6.45, 7) is 4.28. The van der Waals surface area contributed by atoms with Crippen molar-refractivity contribution in [3.63, 3.8) is 0 Å². The van der Waals surface area contributed by atoms with Gasteiger partial charge in [-0.3, -0.25) is 0 Å². The molecule has 0 bridgehead atoms. The minimum absolute atomic E-state index is 0.149. The zero-order valence-corrected chi connectivity index (χ0v) is 13.0. The first-order valence-corrected chi connectivity index (χ1v) is 7.99. The number of nitrogens with zero attached hydrogens (tertiary/aromatic N) is 2. The van der Waals surface area contributed by atoms with Crippen LogP contribution < -0.4 is 10.6 Å². The lowest BCUT2D eigenvalue weighted by Crippen LogP contribution is -2.44. The predicted octanol–water partition coefficient (Wildman–Crippen LogP) is 2.82. The molecule has 3 nitrogen and oxygen atoms in total. The second-order valence-corrected chi connectivity index (χ2v) is 6.73. The summed E-state index contributed by atoms with van der Waals surface area (Å²) in [6, 6.07) is 6.45. The van der Waals surface area contributed by atoms with Crippen LogP contribution in [0.1, 0.15) is 31.2 Å². The van der Waals surface area contributed by atoms with E-state index in [-0.39, 0.29) is 5.54 Å². The smallest absolute Gasteiger partial charge is 0.0643 e. The minimum Gasteiger partial charge on any atom is -0.368 e. The van der Waals surface area contributed by atoms with Crippen LogP contribution in [0, 0.1) is 0 Å². The standard InChI is InChI=1S/C16H24ClN3/c1-19-8-10-20(11-9-19)15-5-4-13(12-14(15)17)16(18)6-2-3-7-16/h4-5,12H,2-3,6-11,18H2,1H3. The van der Waals surface area contributed by atoms with Crippen molar-refractivity contribution in [1.29, 1.82) is 0 Å². The average molecular weight is 294 g/mol. The Morgan fingerprint density at radius 1 is 1.10 bits per heavy atom. The molecule has 1 aromatic rings. The van der Waals surface area contributed by atoms with E-state index in [1.54, 1.807) is 0 Å². The lowest BCUT2D eigenvalue weighted by molar-refractivity contribution is 0.313. The highest BCUT2D eigenvalue weighted by atomic mass is 35.5. The lowest BCUT2D eigenvalue weighted by atomic mass is 9.89. The molecule has 1 saturated heterocycles. The number of rotatable bonds is 2. The third-order valence-electron chi connectivity index (χ3n) is 4.86. The Balaban J connectivity index is 1.81. The van der Waals surface area contributed by atoms with Crippen molar-refractivity contribution in [1.82, 2.24) is 4.90 Å². The number of halogens is 1. The molecule has 1 heterocycles. The molecule has 1 aliphatic heterocycles. The number of hydrogen-bond donors (Lipinski definition) is 1. The van der Waals surface area contributed by atoms with Gasteiger partial charge in [-0.2, -0.15) is 0 Å². The number of piperazine rings is 1. The predicted molar refractivity (Wildman–Crippen MR) is 85.5 cm³/mol. The minimum atomic E-state index is -0.149. The SMILES string of the molecule is CN1CCN(c2ccc(C3(N)CCCC3)cc2Cl)CC1. The maximum Gasteiger partial charge on any atom is 0.0643 e. The van der Waals surface area contributed by atoms with Crippen molar-refractivity contribution in [3.05, 3.63) is 28.8 Å². The molecule has 1 aromatic carbocycles. The molecule has 20 heavy (non-hydrogen) atoms. The van der Waals surface area contributed by atoms with E-state index >= 15 is 0 Å². The van der Waals surface area contributed by atoms with Crippen molar-refractivity contribution < 1.29 is 0 Å². The topological polar surface area (TPSA) is 32.5 Å². The van der Waals surface area contributed by atoms with Crippen molar-refractivity contribution >= 4 is 17.3 Å². The van der Waals surface area contributed by atoms with Gasteiger partial charge in [-0.25, -0.2) is 0 Å². The van der Waals surface area contributed by atoms with E-state index in [1.165, 1.54) is 18.4 Å². The molecule has 2 aliphatic rings. The largest absolute Gasteiger partial charge is 0.368 e. The average Bonchev–Trinajstić information content (AvgIpc) is 2.88. The molecule has 0 amide bonds. The van der Waals surface area contributed by atoms with Gasteiger partial charge in [0.15, 0.2) is 0 Å². The van der Waals surface area contributed by atoms with Gasteiger partial charge in [-0.15, -0.1) is 0 Å². The summed E-state index contributed by atoms with van der Waals surface area (Å²) in [7, 11) is 2.17. The monoisotopic (exact) mass is 293 g/mol. The fraction of sp³-hybridized carbons (Fsp3) is 0.625. The molecule has 2 fully saturated rings. The van der Waals surface area contributed by atoms with E-state index in [0.29, 0.717) is 0 Å². The Labute approximate surface area is 126 Å². The van der Waals surface area contributed by atoms with Gasteiger partial charge in [0.1, 0.15) is 0 Å². The van der Waals surface area contributed by atoms with E-state index in [9.17, 15) is 0 Å². The Morgan fingerprint density at radius 2 is 1.75 bits per heavy atom. The van der Waals surface area contributed by atoms with Crippen LogP contribution in [0.4, 0.5) is 5.69 Å². The maximum atomic E-state index is 6.53. The molecule has 0 atom stereocenters. The van der Waals surface area contributed by atoms with E-state index in [1.807, 2.05) is 0 Å². The number of likely N-dealkylation sites (N-methyl/N-ethyl adjacent to an activating group) is 1. The van der Waals surface area contributed by atoms with Gasteiger partial charge in [0.25, 0.3) is 0 Å². The Kier molecular flexibility index (Phi) is 3.93. The van der Waals surface area contributed by atoms with Crippen LogP contribution in [0.3, 0.4) is 0 Å². The first-order chi connectivity index (χ1) is 9.58. The zero-order chi connectivity index (χ0) is 14.2. The van der Waals surface area contributed by atoms with Gasteiger partial charge < -0.3 is 15.5 Å². The highest BCUT2D eigenvalue weighted by Crippen LogP contribution is 2.39. The number of benzene rings is 1. The fourth-order valence-electron chi connectivity index (χ4n) is 3.41. The van der Waals surface area contributed by atoms with Crippen LogP contribution in [-0.2, 0) is 5.54 Å². The Bertz CT molecular complexity index is 475. The third-order valence-corrected chi connectivity index (χ3v) is 5.17. The number of hydrogen-bond acceptors (Lipinski definition) is 3. The second-order valence-electron chi connectivity index (χ2n) is 6.32. The Hall–Kier alpha value is -0.770. The van der Waals surface area contributed by atoms with E-state index in [4.69, 9.17) is 17.3 Å². The highest BCUT2D eigenvalue weighted by Gasteiger charge is 2.31. The summed E-state index contributed by atoms with van der Waals surface area (Å²) >= 11 is 6.53. The summed E-state index contributed by atoms with van der Waals surface area (Å²) in [4.78, 5) is 4.73. The molecule has 4 heteroatoms. The fourth-order valence-corrected chi connectivity index (χ4v) is 3.72. The van der Waals surface area contributed by atoms with Gasteiger partial charge in [-0.1, -0.05) is 30.5 Å². The Morgan fingerprint density at radius 3 is 2.35 bits per heavy atom. The molecule has 2 N–H and O–H groups in total. The van der Waals surface area contributed by atoms with E-state index in [0.717, 1.165) is 49.7 Å². The van der Waals surface area contributed by atoms with Crippen molar-refractivity contribution in [3.8, 4) is 0 Å². The van der Waals surface area contributed by atoms with Crippen LogP contribution >= 0.6 is 11.6 Å². The summed E-state index contributed by atoms with van der Waals surface area (Å²) in [6.07, 6.45) is 4.62. The summed E-state index contributed by atoms with van der Waals surface area (Å²) in [5.41, 5.74) is 8.73. The molecule has 1 saturated carbocycles. The highest BCUT2D eigenvalue weighted by molar-refractivity contribution is 6.33. The van der Waals surface area contributed by atoms with Gasteiger partial charge >= 0.3 is 0 Å². The van der Waals surface area contributed by atoms with Crippen molar-refractivity contribution in [2.45, 2.75) is 31.2 Å². The quantitative estimate of drug-likeness (QED) is 0.910. The van der Waals surface area contributed by atoms with Crippen LogP contribution in [0.5, 0.6) is 0 Å². The number of nitrogens with two attached hydrogens (primary N) is 1. The molecule has 0 spiro atoms. The first-order valence-electron chi connectivity index (χ1n) is 7.61. The molecule has 1 aliphatic carbocycles. The first kappa shape index (κ1) is 14.2. The third kappa shape index (κ3) is 2.67. The second kappa shape index (κ2) is 5.55. The summed E-state index contributed by atoms with van der Waals surface area (Å²) in [5, 5.41) is 0.851. The molecule has 0 aromatic heterocycles. The molecule has 110 valence electrons. The molecular weight excluding hydrogens is 270 g/mol. The van der Waals surface area contributed by atoms with Crippen LogP contribution in [0.25, 0.3) is 0 Å². The van der Waals surface area contributed by atoms with Crippen LogP contribution in [0.15, 0.2) is 18.2 Å². The summed E-state index contributed by atoms with van der Waals surface area (Å²) in [5.74, 6) is 0. The van der Waals surface area contributed by atoms with Crippen molar-refractivity contribution in [2.24, 2.45) is 5.73 Å². The van der Waals surface area contributed by atoms with Crippen LogP contribution in [0.2, 0.25) is 5.02 Å².